The van der Waals surface area contributed by atoms with Crippen LogP contribution in [0.2, 0.25) is 0 Å². The molecule has 16 heavy (non-hydrogen) atoms. The highest BCUT2D eigenvalue weighted by atomic mass is 16.5. The molecule has 4 heteroatoms. The van der Waals surface area contributed by atoms with Crippen LogP contribution in [-0.2, 0) is 14.3 Å². The first-order valence-electron chi connectivity index (χ1n) is 5.86. The van der Waals surface area contributed by atoms with Crippen LogP contribution in [0, 0.1) is 11.3 Å². The number of hydrogen-bond acceptors (Lipinski definition) is 4. The van der Waals surface area contributed by atoms with E-state index in [9.17, 15) is 4.79 Å². The van der Waals surface area contributed by atoms with Gasteiger partial charge in [-0.1, -0.05) is 13.8 Å². The highest BCUT2D eigenvalue weighted by Crippen LogP contribution is 2.25. The lowest BCUT2D eigenvalue weighted by Crippen LogP contribution is -2.49. The van der Waals surface area contributed by atoms with Crippen LogP contribution in [-0.4, -0.2) is 38.9 Å². The fraction of sp³-hybridized carbons (Fsp3) is 0.917. The topological polar surface area (TPSA) is 47.6 Å². The fourth-order valence-electron chi connectivity index (χ4n) is 1.88. The minimum Gasteiger partial charge on any atom is -0.469 e. The molecular formula is C12H23NO3. The maximum absolute atomic E-state index is 11.2. The van der Waals surface area contributed by atoms with Crippen molar-refractivity contribution in [2.45, 2.75) is 33.2 Å². The molecule has 1 heterocycles. The molecule has 1 fully saturated rings. The second-order valence-corrected chi connectivity index (χ2v) is 5.25. The summed E-state index contributed by atoms with van der Waals surface area (Å²) in [6.07, 6.45) is 0.809. The van der Waals surface area contributed by atoms with Gasteiger partial charge in [0.25, 0.3) is 0 Å². The molecule has 0 aromatic rings. The SMILES string of the molecule is COC(=O)C(C)CC(C)NCC1(C)COC1. The second-order valence-electron chi connectivity index (χ2n) is 5.25. The van der Waals surface area contributed by atoms with Crippen molar-refractivity contribution in [3.05, 3.63) is 0 Å². The number of rotatable bonds is 6. The Morgan fingerprint density at radius 1 is 1.50 bits per heavy atom. The molecule has 0 aliphatic carbocycles. The summed E-state index contributed by atoms with van der Waals surface area (Å²) in [6, 6.07) is 0.325. The van der Waals surface area contributed by atoms with Gasteiger partial charge in [-0.25, -0.2) is 0 Å². The Hall–Kier alpha value is -0.610. The standard InChI is InChI=1S/C12H23NO3/c1-9(11(14)15-4)5-10(2)13-6-12(3)7-16-8-12/h9-10,13H,5-8H2,1-4H3. The number of nitrogens with one attached hydrogen (secondary N) is 1. The minimum absolute atomic E-state index is 0.0436. The zero-order valence-corrected chi connectivity index (χ0v) is 10.7. The zero-order chi connectivity index (χ0) is 12.2. The van der Waals surface area contributed by atoms with Gasteiger partial charge in [-0.3, -0.25) is 4.79 Å². The first kappa shape index (κ1) is 13.5. The average molecular weight is 229 g/mol. The summed E-state index contributed by atoms with van der Waals surface area (Å²) in [5.41, 5.74) is 0.281. The summed E-state index contributed by atoms with van der Waals surface area (Å²) in [5.74, 6) is -0.176. The third kappa shape index (κ3) is 3.76. The van der Waals surface area contributed by atoms with E-state index in [0.29, 0.717) is 6.04 Å². The van der Waals surface area contributed by atoms with Crippen LogP contribution in [0.5, 0.6) is 0 Å². The van der Waals surface area contributed by atoms with Crippen LogP contribution in [0.25, 0.3) is 0 Å². The van der Waals surface area contributed by atoms with Gasteiger partial charge < -0.3 is 14.8 Å². The van der Waals surface area contributed by atoms with Crippen molar-refractivity contribution >= 4 is 5.97 Å². The molecular weight excluding hydrogens is 206 g/mol. The Labute approximate surface area is 97.7 Å². The van der Waals surface area contributed by atoms with E-state index in [1.807, 2.05) is 6.92 Å². The van der Waals surface area contributed by atoms with E-state index in [1.54, 1.807) is 0 Å². The summed E-state index contributed by atoms with van der Waals surface area (Å²) in [5, 5.41) is 3.45. The van der Waals surface area contributed by atoms with E-state index in [1.165, 1.54) is 7.11 Å². The lowest BCUT2D eigenvalue weighted by Gasteiger charge is -2.39. The summed E-state index contributed by atoms with van der Waals surface area (Å²) < 4.78 is 9.90. The van der Waals surface area contributed by atoms with Crippen LogP contribution >= 0.6 is 0 Å². The van der Waals surface area contributed by atoms with Gasteiger partial charge in [0, 0.05) is 18.0 Å². The first-order chi connectivity index (χ1) is 7.47. The van der Waals surface area contributed by atoms with Gasteiger partial charge in [0.1, 0.15) is 0 Å². The Kier molecular flexibility index (Phi) is 4.74. The molecule has 0 saturated carbocycles. The molecule has 2 atom stereocenters. The van der Waals surface area contributed by atoms with Crippen LogP contribution in [0.15, 0.2) is 0 Å². The van der Waals surface area contributed by atoms with Gasteiger partial charge in [-0.15, -0.1) is 0 Å². The monoisotopic (exact) mass is 229 g/mol. The smallest absolute Gasteiger partial charge is 0.308 e. The summed E-state index contributed by atoms with van der Waals surface area (Å²) in [6.45, 7) is 8.82. The second kappa shape index (κ2) is 5.64. The van der Waals surface area contributed by atoms with Gasteiger partial charge in [-0.05, 0) is 13.3 Å². The molecule has 4 nitrogen and oxygen atoms in total. The van der Waals surface area contributed by atoms with E-state index < -0.39 is 0 Å². The Bertz CT molecular complexity index is 238. The number of ether oxygens (including phenoxy) is 2. The van der Waals surface area contributed by atoms with E-state index in [4.69, 9.17) is 9.47 Å². The lowest BCUT2D eigenvalue weighted by molar-refractivity contribution is -0.145. The minimum atomic E-state index is -0.133. The van der Waals surface area contributed by atoms with E-state index in [2.05, 4.69) is 19.2 Å². The summed E-state index contributed by atoms with van der Waals surface area (Å²) in [7, 11) is 1.43. The Morgan fingerprint density at radius 2 is 2.12 bits per heavy atom. The van der Waals surface area contributed by atoms with Crippen molar-refractivity contribution in [2.24, 2.45) is 11.3 Å². The number of hydrogen-bond donors (Lipinski definition) is 1. The first-order valence-corrected chi connectivity index (χ1v) is 5.86. The summed E-state index contributed by atoms with van der Waals surface area (Å²) in [4.78, 5) is 11.2. The maximum Gasteiger partial charge on any atom is 0.308 e. The van der Waals surface area contributed by atoms with Gasteiger partial charge >= 0.3 is 5.97 Å². The molecule has 1 N–H and O–H groups in total. The largest absolute Gasteiger partial charge is 0.469 e. The molecule has 2 unspecified atom stereocenters. The predicted octanol–water partition coefficient (Wildman–Crippen LogP) is 1.20. The van der Waals surface area contributed by atoms with Crippen molar-refractivity contribution in [1.82, 2.24) is 5.32 Å². The maximum atomic E-state index is 11.2. The molecule has 0 radical (unpaired) electrons. The zero-order valence-electron chi connectivity index (χ0n) is 10.7. The molecule has 94 valence electrons. The predicted molar refractivity (Wildman–Crippen MR) is 62.2 cm³/mol. The number of carbonyl (C=O) groups is 1. The van der Waals surface area contributed by atoms with E-state index in [0.717, 1.165) is 26.2 Å². The van der Waals surface area contributed by atoms with Crippen LogP contribution in [0.4, 0.5) is 0 Å². The quantitative estimate of drug-likeness (QED) is 0.695. The number of carbonyl (C=O) groups excluding carboxylic acids is 1. The van der Waals surface area contributed by atoms with Crippen molar-refractivity contribution in [2.75, 3.05) is 26.9 Å². The molecule has 0 amide bonds. The van der Waals surface area contributed by atoms with Crippen molar-refractivity contribution in [1.29, 1.82) is 0 Å². The average Bonchev–Trinajstić information content (AvgIpc) is 2.22. The highest BCUT2D eigenvalue weighted by Gasteiger charge is 2.33. The number of esters is 1. The van der Waals surface area contributed by atoms with E-state index >= 15 is 0 Å². The Balaban J connectivity index is 2.19. The third-order valence-electron chi connectivity index (χ3n) is 3.09. The molecule has 1 aliphatic heterocycles. The van der Waals surface area contributed by atoms with Gasteiger partial charge in [0.05, 0.1) is 26.2 Å². The molecule has 0 aromatic carbocycles. The summed E-state index contributed by atoms with van der Waals surface area (Å²) >= 11 is 0. The molecule has 0 spiro atoms. The number of methoxy groups -OCH3 is 1. The van der Waals surface area contributed by atoms with Crippen LogP contribution < -0.4 is 5.32 Å². The van der Waals surface area contributed by atoms with Gasteiger partial charge in [-0.2, -0.15) is 0 Å². The molecule has 0 aromatic heterocycles. The molecule has 1 rings (SSSR count). The molecule has 1 saturated heterocycles. The van der Waals surface area contributed by atoms with Crippen molar-refractivity contribution in [3.63, 3.8) is 0 Å². The van der Waals surface area contributed by atoms with Gasteiger partial charge in [0.15, 0.2) is 0 Å². The van der Waals surface area contributed by atoms with Crippen LogP contribution in [0.3, 0.4) is 0 Å². The molecule has 0 bridgehead atoms. The van der Waals surface area contributed by atoms with Crippen molar-refractivity contribution < 1.29 is 14.3 Å². The molecule has 1 aliphatic rings. The van der Waals surface area contributed by atoms with Crippen molar-refractivity contribution in [3.8, 4) is 0 Å². The van der Waals surface area contributed by atoms with Crippen LogP contribution in [0.1, 0.15) is 27.2 Å². The Morgan fingerprint density at radius 3 is 2.56 bits per heavy atom. The highest BCUT2D eigenvalue weighted by molar-refractivity contribution is 5.71. The third-order valence-corrected chi connectivity index (χ3v) is 3.09. The van der Waals surface area contributed by atoms with Gasteiger partial charge in [0.2, 0.25) is 0 Å². The lowest BCUT2D eigenvalue weighted by atomic mass is 9.88. The van der Waals surface area contributed by atoms with E-state index in [-0.39, 0.29) is 17.3 Å². The normalized spacial score (nSPS) is 22.0. The fourth-order valence-corrected chi connectivity index (χ4v) is 1.88.